The van der Waals surface area contributed by atoms with E-state index in [2.05, 4.69) is 4.72 Å². The number of nitrogens with one attached hydrogen (secondary N) is 1. The number of hydrogen-bond acceptors (Lipinski definition) is 4. The largest absolute Gasteiger partial charge is 0.398 e. The van der Waals surface area contributed by atoms with Crippen molar-refractivity contribution in [1.82, 2.24) is 4.72 Å². The third kappa shape index (κ3) is 3.64. The van der Waals surface area contributed by atoms with Crippen LogP contribution in [0.15, 0.2) is 11.0 Å². The van der Waals surface area contributed by atoms with Crippen LogP contribution in [0.3, 0.4) is 0 Å². The van der Waals surface area contributed by atoms with Crippen molar-refractivity contribution in [3.63, 3.8) is 0 Å². The molecule has 0 heterocycles. The normalized spacial score (nSPS) is 13.5. The van der Waals surface area contributed by atoms with E-state index in [1.165, 1.54) is 0 Å². The molecule has 0 saturated heterocycles. The van der Waals surface area contributed by atoms with Crippen LogP contribution in [0.2, 0.25) is 0 Å². The first-order valence-electron chi connectivity index (χ1n) is 6.08. The predicted octanol–water partition coefficient (Wildman–Crippen LogP) is 2.22. The molecule has 0 saturated carbocycles. The van der Waals surface area contributed by atoms with Gasteiger partial charge in [-0.3, -0.25) is 0 Å². The molecule has 4 nitrogen and oxygen atoms in total. The van der Waals surface area contributed by atoms with Crippen molar-refractivity contribution in [3.8, 4) is 0 Å². The molecule has 0 bridgehead atoms. The van der Waals surface area contributed by atoms with E-state index in [-0.39, 0.29) is 6.04 Å². The molecular weight excluding hydrogens is 280 g/mol. The fraction of sp³-hybridized carbons (Fsp3) is 0.538. The minimum absolute atomic E-state index is 0.111. The van der Waals surface area contributed by atoms with Crippen molar-refractivity contribution in [2.75, 3.05) is 17.7 Å². The van der Waals surface area contributed by atoms with Gasteiger partial charge >= 0.3 is 0 Å². The number of aryl methyl sites for hydroxylation is 1. The number of hydrogen-bond donors (Lipinski definition) is 2. The Hall–Kier alpha value is -0.720. The molecule has 3 N–H and O–H groups in total. The zero-order chi connectivity index (χ0) is 14.8. The van der Waals surface area contributed by atoms with E-state index in [0.29, 0.717) is 16.1 Å². The third-order valence-corrected chi connectivity index (χ3v) is 5.82. The molecular formula is C13H22N2O2S2. The Labute approximate surface area is 120 Å². The minimum Gasteiger partial charge on any atom is -0.398 e. The highest BCUT2D eigenvalue weighted by molar-refractivity contribution is 7.98. The summed E-state index contributed by atoms with van der Waals surface area (Å²) in [6.07, 6.45) is 1.95. The van der Waals surface area contributed by atoms with Gasteiger partial charge in [-0.05, 0) is 56.7 Å². The molecule has 19 heavy (non-hydrogen) atoms. The molecule has 0 radical (unpaired) electrons. The molecule has 0 aliphatic carbocycles. The fourth-order valence-corrected chi connectivity index (χ4v) is 4.56. The summed E-state index contributed by atoms with van der Waals surface area (Å²) in [6, 6.07) is 1.70. The number of sulfonamides is 1. The number of anilines is 1. The minimum atomic E-state index is -3.53. The Bertz CT molecular complexity index is 542. The lowest BCUT2D eigenvalue weighted by Crippen LogP contribution is -2.35. The van der Waals surface area contributed by atoms with Gasteiger partial charge in [0.15, 0.2) is 0 Å². The summed E-state index contributed by atoms with van der Waals surface area (Å²) < 4.78 is 27.7. The van der Waals surface area contributed by atoms with Gasteiger partial charge in [0.25, 0.3) is 0 Å². The van der Waals surface area contributed by atoms with E-state index in [1.807, 2.05) is 33.1 Å². The highest BCUT2D eigenvalue weighted by Crippen LogP contribution is 2.27. The topological polar surface area (TPSA) is 72.2 Å². The van der Waals surface area contributed by atoms with Gasteiger partial charge in [0.2, 0.25) is 10.0 Å². The van der Waals surface area contributed by atoms with Crippen LogP contribution < -0.4 is 10.5 Å². The number of benzene rings is 1. The standard InChI is InChI=1S/C13H22N2O2S2/c1-8-6-12(14)11(4)13(10(8)3)19(16,17)15-9(2)7-18-5/h6,9,15H,7,14H2,1-5H3. The van der Waals surface area contributed by atoms with Gasteiger partial charge in [-0.25, -0.2) is 13.1 Å². The lowest BCUT2D eigenvalue weighted by Gasteiger charge is -2.18. The maximum atomic E-state index is 12.5. The van der Waals surface area contributed by atoms with Crippen molar-refractivity contribution in [2.45, 2.75) is 38.6 Å². The van der Waals surface area contributed by atoms with Crippen LogP contribution in [0.25, 0.3) is 0 Å². The van der Waals surface area contributed by atoms with Gasteiger partial charge in [0.1, 0.15) is 0 Å². The van der Waals surface area contributed by atoms with Crippen LogP contribution in [-0.2, 0) is 10.0 Å². The van der Waals surface area contributed by atoms with E-state index < -0.39 is 10.0 Å². The second-order valence-corrected chi connectivity index (χ2v) is 7.40. The fourth-order valence-electron chi connectivity index (χ4n) is 2.05. The molecule has 108 valence electrons. The maximum absolute atomic E-state index is 12.5. The Morgan fingerprint density at radius 1 is 1.32 bits per heavy atom. The monoisotopic (exact) mass is 302 g/mol. The Balaban J connectivity index is 3.29. The summed E-state index contributed by atoms with van der Waals surface area (Å²) in [5.41, 5.74) is 8.66. The quantitative estimate of drug-likeness (QED) is 0.818. The highest BCUT2D eigenvalue weighted by Gasteiger charge is 2.23. The van der Waals surface area contributed by atoms with Crippen molar-refractivity contribution in [3.05, 3.63) is 22.8 Å². The molecule has 0 aliphatic heterocycles. The van der Waals surface area contributed by atoms with Crippen molar-refractivity contribution < 1.29 is 8.42 Å². The van der Waals surface area contributed by atoms with Crippen LogP contribution in [0.5, 0.6) is 0 Å². The predicted molar refractivity (Wildman–Crippen MR) is 83.2 cm³/mol. The average molecular weight is 302 g/mol. The summed E-state index contributed by atoms with van der Waals surface area (Å²) in [5, 5.41) is 0. The molecule has 0 aliphatic rings. The first-order chi connectivity index (χ1) is 8.70. The molecule has 1 atom stereocenters. The molecule has 1 rings (SSSR count). The summed E-state index contributed by atoms with van der Waals surface area (Å²) in [5.74, 6) is 0.735. The number of nitrogens with two attached hydrogens (primary N) is 1. The second-order valence-electron chi connectivity index (χ2n) is 4.84. The van der Waals surface area contributed by atoms with Crippen LogP contribution in [-0.4, -0.2) is 26.5 Å². The molecule has 0 spiro atoms. The van der Waals surface area contributed by atoms with Gasteiger partial charge in [0.05, 0.1) is 4.90 Å². The van der Waals surface area contributed by atoms with E-state index in [4.69, 9.17) is 5.73 Å². The smallest absolute Gasteiger partial charge is 0.241 e. The van der Waals surface area contributed by atoms with Crippen molar-refractivity contribution in [1.29, 1.82) is 0 Å². The maximum Gasteiger partial charge on any atom is 0.241 e. The zero-order valence-corrected chi connectivity index (χ0v) is 13.7. The SMILES string of the molecule is CSCC(C)NS(=O)(=O)c1c(C)c(C)cc(N)c1C. The first-order valence-corrected chi connectivity index (χ1v) is 8.96. The highest BCUT2D eigenvalue weighted by atomic mass is 32.2. The summed E-state index contributed by atoms with van der Waals surface area (Å²) in [7, 11) is -3.53. The van der Waals surface area contributed by atoms with Gasteiger partial charge in [-0.15, -0.1) is 0 Å². The summed E-state index contributed by atoms with van der Waals surface area (Å²) >= 11 is 1.61. The summed E-state index contributed by atoms with van der Waals surface area (Å²) in [6.45, 7) is 7.29. The lowest BCUT2D eigenvalue weighted by molar-refractivity contribution is 0.569. The second kappa shape index (κ2) is 6.15. The van der Waals surface area contributed by atoms with Crippen molar-refractivity contribution >= 4 is 27.5 Å². The number of rotatable bonds is 5. The van der Waals surface area contributed by atoms with Crippen LogP contribution in [0, 0.1) is 20.8 Å². The Morgan fingerprint density at radius 3 is 2.42 bits per heavy atom. The molecule has 0 amide bonds. The molecule has 1 unspecified atom stereocenters. The molecule has 0 aromatic heterocycles. The summed E-state index contributed by atoms with van der Waals surface area (Å²) in [4.78, 5) is 0.318. The van der Waals surface area contributed by atoms with E-state index >= 15 is 0 Å². The van der Waals surface area contributed by atoms with Crippen molar-refractivity contribution in [2.24, 2.45) is 0 Å². The van der Waals surface area contributed by atoms with Gasteiger partial charge in [-0.1, -0.05) is 0 Å². The van der Waals surface area contributed by atoms with E-state index in [9.17, 15) is 8.42 Å². The van der Waals surface area contributed by atoms with Gasteiger partial charge in [0, 0.05) is 17.5 Å². The zero-order valence-electron chi connectivity index (χ0n) is 12.1. The Morgan fingerprint density at radius 2 is 1.89 bits per heavy atom. The third-order valence-electron chi connectivity index (χ3n) is 3.12. The average Bonchev–Trinajstić information content (AvgIpc) is 2.25. The first kappa shape index (κ1) is 16.3. The van der Waals surface area contributed by atoms with Crippen LogP contribution in [0.4, 0.5) is 5.69 Å². The van der Waals surface area contributed by atoms with E-state index in [1.54, 1.807) is 18.7 Å². The lowest BCUT2D eigenvalue weighted by atomic mass is 10.1. The number of nitrogen functional groups attached to an aromatic ring is 1. The van der Waals surface area contributed by atoms with E-state index in [0.717, 1.165) is 16.9 Å². The Kier molecular flexibility index (Phi) is 5.29. The molecule has 6 heteroatoms. The van der Waals surface area contributed by atoms with Crippen LogP contribution in [0.1, 0.15) is 23.6 Å². The molecule has 1 aromatic rings. The number of thioether (sulfide) groups is 1. The molecule has 1 aromatic carbocycles. The molecule has 0 fully saturated rings. The van der Waals surface area contributed by atoms with Crippen LogP contribution >= 0.6 is 11.8 Å². The van der Waals surface area contributed by atoms with Gasteiger partial charge < -0.3 is 5.73 Å². The van der Waals surface area contributed by atoms with Gasteiger partial charge in [-0.2, -0.15) is 11.8 Å².